The third-order valence-corrected chi connectivity index (χ3v) is 3.03. The molecule has 0 aliphatic rings. The Morgan fingerprint density at radius 1 is 1.37 bits per heavy atom. The second kappa shape index (κ2) is 7.33. The third-order valence-electron chi connectivity index (χ3n) is 2.29. The summed E-state index contributed by atoms with van der Waals surface area (Å²) in [4.78, 5) is 15.5. The fraction of sp³-hybridized carbons (Fsp3) is 0.143. The van der Waals surface area contributed by atoms with E-state index < -0.39 is 6.09 Å². The van der Waals surface area contributed by atoms with E-state index in [1.54, 1.807) is 17.5 Å². The van der Waals surface area contributed by atoms with Crippen molar-refractivity contribution in [1.82, 2.24) is 10.3 Å². The summed E-state index contributed by atoms with van der Waals surface area (Å²) in [7, 11) is 0. The van der Waals surface area contributed by atoms with Gasteiger partial charge in [0.1, 0.15) is 11.6 Å². The summed E-state index contributed by atoms with van der Waals surface area (Å²) >= 11 is 1.55. The van der Waals surface area contributed by atoms with Gasteiger partial charge < -0.3 is 10.1 Å². The van der Waals surface area contributed by atoms with E-state index in [1.807, 2.05) is 47.9 Å². The zero-order valence-corrected chi connectivity index (χ0v) is 11.1. The molecule has 0 unspecified atom stereocenters. The zero-order valence-electron chi connectivity index (χ0n) is 10.3. The molecule has 1 aromatic heterocycles. The number of amides is 1. The Bertz CT molecular complexity index is 524. The maximum absolute atomic E-state index is 11.4. The number of alkyl carbamates (subject to hydrolysis) is 1. The normalized spacial score (nSPS) is 10.5. The van der Waals surface area contributed by atoms with Crippen molar-refractivity contribution in [2.75, 3.05) is 6.54 Å². The Morgan fingerprint density at radius 3 is 2.95 bits per heavy atom. The first kappa shape index (κ1) is 13.3. The van der Waals surface area contributed by atoms with Crippen LogP contribution < -0.4 is 5.32 Å². The lowest BCUT2D eigenvalue weighted by Crippen LogP contribution is -2.24. The van der Waals surface area contributed by atoms with Crippen LogP contribution in [0.25, 0.3) is 6.08 Å². The van der Waals surface area contributed by atoms with Gasteiger partial charge in [0.05, 0.1) is 0 Å². The van der Waals surface area contributed by atoms with E-state index >= 15 is 0 Å². The van der Waals surface area contributed by atoms with Crippen molar-refractivity contribution in [3.8, 4) is 0 Å². The average molecular weight is 274 g/mol. The van der Waals surface area contributed by atoms with E-state index in [2.05, 4.69) is 10.3 Å². The Balaban J connectivity index is 1.65. The summed E-state index contributed by atoms with van der Waals surface area (Å²) in [5, 5.41) is 5.46. The molecule has 5 heteroatoms. The van der Waals surface area contributed by atoms with Crippen LogP contribution in [0.4, 0.5) is 4.79 Å². The van der Waals surface area contributed by atoms with Crippen LogP contribution in [0.2, 0.25) is 0 Å². The van der Waals surface area contributed by atoms with Crippen LogP contribution in [0.15, 0.2) is 48.0 Å². The molecule has 1 amide bonds. The lowest BCUT2D eigenvalue weighted by Gasteiger charge is -2.04. The summed E-state index contributed by atoms with van der Waals surface area (Å²) in [6.07, 6.45) is 5.02. The number of ether oxygens (including phenoxy) is 1. The summed E-state index contributed by atoms with van der Waals surface area (Å²) in [5.41, 5.74) is 0.968. The number of hydrogen-bond donors (Lipinski definition) is 1. The summed E-state index contributed by atoms with van der Waals surface area (Å²) in [5.74, 6) is 0. The first-order valence-electron chi connectivity index (χ1n) is 5.85. The third kappa shape index (κ3) is 4.93. The fourth-order valence-electron chi connectivity index (χ4n) is 1.39. The van der Waals surface area contributed by atoms with Crippen molar-refractivity contribution in [1.29, 1.82) is 0 Å². The maximum atomic E-state index is 11.4. The molecule has 1 N–H and O–H groups in total. The van der Waals surface area contributed by atoms with Crippen LogP contribution in [0.5, 0.6) is 0 Å². The minimum absolute atomic E-state index is 0.281. The molecular weight excluding hydrogens is 260 g/mol. The molecule has 4 nitrogen and oxygen atoms in total. The van der Waals surface area contributed by atoms with E-state index in [0.717, 1.165) is 10.6 Å². The van der Waals surface area contributed by atoms with Crippen LogP contribution >= 0.6 is 11.3 Å². The van der Waals surface area contributed by atoms with Crippen molar-refractivity contribution in [2.24, 2.45) is 0 Å². The number of hydrogen-bond acceptors (Lipinski definition) is 4. The Morgan fingerprint density at radius 2 is 2.21 bits per heavy atom. The molecule has 0 saturated heterocycles. The smallest absolute Gasteiger partial charge is 0.407 e. The highest BCUT2D eigenvalue weighted by Gasteiger charge is 2.00. The van der Waals surface area contributed by atoms with Crippen LogP contribution in [0.1, 0.15) is 10.6 Å². The van der Waals surface area contributed by atoms with E-state index in [1.165, 1.54) is 0 Å². The fourth-order valence-corrected chi connectivity index (χ4v) is 1.95. The largest absolute Gasteiger partial charge is 0.445 e. The molecule has 2 rings (SSSR count). The Kier molecular flexibility index (Phi) is 5.13. The second-order valence-electron chi connectivity index (χ2n) is 3.72. The van der Waals surface area contributed by atoms with Gasteiger partial charge in [-0.05, 0) is 11.6 Å². The minimum atomic E-state index is -0.423. The number of thiazole rings is 1. The highest BCUT2D eigenvalue weighted by Crippen LogP contribution is 2.05. The van der Waals surface area contributed by atoms with Crippen LogP contribution in [0, 0.1) is 0 Å². The molecule has 0 atom stereocenters. The Labute approximate surface area is 115 Å². The van der Waals surface area contributed by atoms with Gasteiger partial charge >= 0.3 is 6.09 Å². The van der Waals surface area contributed by atoms with Gasteiger partial charge in [-0.25, -0.2) is 9.78 Å². The number of carbonyl (C=O) groups excluding carboxylic acids is 1. The molecule has 19 heavy (non-hydrogen) atoms. The van der Waals surface area contributed by atoms with Gasteiger partial charge in [0.15, 0.2) is 0 Å². The van der Waals surface area contributed by atoms with Crippen LogP contribution in [-0.4, -0.2) is 17.6 Å². The van der Waals surface area contributed by atoms with Crippen LogP contribution in [0.3, 0.4) is 0 Å². The number of benzene rings is 1. The van der Waals surface area contributed by atoms with Crippen molar-refractivity contribution >= 4 is 23.5 Å². The lowest BCUT2D eigenvalue weighted by atomic mass is 10.2. The summed E-state index contributed by atoms with van der Waals surface area (Å²) < 4.78 is 5.07. The predicted octanol–water partition coefficient (Wildman–Crippen LogP) is 3.08. The quantitative estimate of drug-likeness (QED) is 0.911. The molecule has 2 aromatic rings. The van der Waals surface area contributed by atoms with E-state index in [-0.39, 0.29) is 6.61 Å². The number of nitrogens with one attached hydrogen (secondary N) is 1. The van der Waals surface area contributed by atoms with E-state index in [0.29, 0.717) is 6.54 Å². The summed E-state index contributed by atoms with van der Waals surface area (Å²) in [6, 6.07) is 9.57. The Hall–Kier alpha value is -2.14. The van der Waals surface area contributed by atoms with Gasteiger partial charge in [-0.15, -0.1) is 11.3 Å². The second-order valence-corrected chi connectivity index (χ2v) is 4.64. The molecule has 0 radical (unpaired) electrons. The molecule has 0 aliphatic heterocycles. The molecular formula is C14H14N2O2S. The van der Waals surface area contributed by atoms with Crippen molar-refractivity contribution in [2.45, 2.75) is 6.61 Å². The van der Waals surface area contributed by atoms with Crippen molar-refractivity contribution in [3.05, 3.63) is 58.6 Å². The minimum Gasteiger partial charge on any atom is -0.445 e. The molecule has 0 bridgehead atoms. The van der Waals surface area contributed by atoms with Gasteiger partial charge in [0.25, 0.3) is 0 Å². The van der Waals surface area contributed by atoms with Crippen molar-refractivity contribution in [3.63, 3.8) is 0 Å². The lowest BCUT2D eigenvalue weighted by molar-refractivity contribution is 0.141. The average Bonchev–Trinajstić information content (AvgIpc) is 2.96. The molecule has 98 valence electrons. The SMILES string of the molecule is O=C(NCC=Cc1nccs1)OCc1ccccc1. The monoisotopic (exact) mass is 274 g/mol. The molecule has 0 saturated carbocycles. The molecule has 1 aromatic carbocycles. The number of rotatable bonds is 5. The van der Waals surface area contributed by atoms with E-state index in [9.17, 15) is 4.79 Å². The number of nitrogens with zero attached hydrogens (tertiary/aromatic N) is 1. The predicted molar refractivity (Wildman–Crippen MR) is 75.8 cm³/mol. The first-order chi connectivity index (χ1) is 9.34. The van der Waals surface area contributed by atoms with Gasteiger partial charge in [0.2, 0.25) is 0 Å². The van der Waals surface area contributed by atoms with Crippen molar-refractivity contribution < 1.29 is 9.53 Å². The molecule has 0 spiro atoms. The molecule has 1 heterocycles. The number of carbonyl (C=O) groups is 1. The highest BCUT2D eigenvalue weighted by molar-refractivity contribution is 7.10. The van der Waals surface area contributed by atoms with Gasteiger partial charge in [-0.1, -0.05) is 36.4 Å². The standard InChI is InChI=1S/C14H14N2O2S/c17-14(18-11-12-5-2-1-3-6-12)16-8-4-7-13-15-9-10-19-13/h1-7,9-10H,8,11H2,(H,16,17). The summed E-state index contributed by atoms with van der Waals surface area (Å²) in [6.45, 7) is 0.704. The van der Waals surface area contributed by atoms with Gasteiger partial charge in [-0.2, -0.15) is 0 Å². The molecule has 0 fully saturated rings. The van der Waals surface area contributed by atoms with Gasteiger partial charge in [-0.3, -0.25) is 0 Å². The topological polar surface area (TPSA) is 51.2 Å². The highest BCUT2D eigenvalue weighted by atomic mass is 32.1. The van der Waals surface area contributed by atoms with E-state index in [4.69, 9.17) is 4.74 Å². The number of aromatic nitrogens is 1. The first-order valence-corrected chi connectivity index (χ1v) is 6.73. The van der Waals surface area contributed by atoms with Gasteiger partial charge in [0, 0.05) is 18.1 Å². The van der Waals surface area contributed by atoms with Crippen LogP contribution in [-0.2, 0) is 11.3 Å². The molecule has 0 aliphatic carbocycles. The maximum Gasteiger partial charge on any atom is 0.407 e. The zero-order chi connectivity index (χ0) is 13.3.